The number of hydrogen-bond donors (Lipinski definition) is 1. The van der Waals surface area contributed by atoms with E-state index in [4.69, 9.17) is 4.74 Å². The number of amides is 1. The average Bonchev–Trinajstić information content (AvgIpc) is 3.28. The Hall–Kier alpha value is -3.17. The van der Waals surface area contributed by atoms with Gasteiger partial charge in [0.25, 0.3) is 0 Å². The molecule has 0 bridgehead atoms. The highest BCUT2D eigenvalue weighted by atomic mass is 32.2. The van der Waals surface area contributed by atoms with Crippen LogP contribution in [0.25, 0.3) is 0 Å². The molecule has 2 heterocycles. The molecule has 1 fully saturated rings. The molecule has 1 amide bonds. The van der Waals surface area contributed by atoms with Gasteiger partial charge in [-0.3, -0.25) is 4.79 Å². The standard InChI is InChI=1S/C24H28N4O4S/c1-27-17-14-25-23(27)22(18-8-10-20(32-2)11-9-18)26-24(29)19-12-15-28(16-13-19)33(30,31)21-6-4-3-5-7-21/h3-11,14,17,19,22H,12-13,15-16H2,1-2H3,(H,26,29)/t22-/m1/s1. The molecule has 1 saturated heterocycles. The molecule has 0 aliphatic carbocycles. The van der Waals surface area contributed by atoms with Gasteiger partial charge in [-0.05, 0) is 42.7 Å². The van der Waals surface area contributed by atoms with Crippen molar-refractivity contribution in [3.05, 3.63) is 78.4 Å². The lowest BCUT2D eigenvalue weighted by molar-refractivity contribution is -0.126. The minimum Gasteiger partial charge on any atom is -0.497 e. The average molecular weight is 469 g/mol. The fraction of sp³-hybridized carbons (Fsp3) is 0.333. The first-order valence-corrected chi connectivity index (χ1v) is 12.3. The Bertz CT molecular complexity index is 1180. The molecule has 1 aliphatic rings. The number of aryl methyl sites for hydroxylation is 1. The van der Waals surface area contributed by atoms with Gasteiger partial charge in [-0.25, -0.2) is 13.4 Å². The molecule has 2 aromatic carbocycles. The maximum absolute atomic E-state index is 13.2. The molecule has 0 unspecified atom stereocenters. The van der Waals surface area contributed by atoms with Gasteiger partial charge in [0.2, 0.25) is 15.9 Å². The highest BCUT2D eigenvalue weighted by Gasteiger charge is 2.33. The van der Waals surface area contributed by atoms with E-state index in [-0.39, 0.29) is 16.7 Å². The molecule has 0 radical (unpaired) electrons. The summed E-state index contributed by atoms with van der Waals surface area (Å²) >= 11 is 0. The van der Waals surface area contributed by atoms with Crippen LogP contribution in [0, 0.1) is 5.92 Å². The number of carbonyl (C=O) groups excluding carboxylic acids is 1. The third-order valence-corrected chi connectivity index (χ3v) is 7.97. The summed E-state index contributed by atoms with van der Waals surface area (Å²) in [4.78, 5) is 17.9. The Balaban J connectivity index is 1.46. The van der Waals surface area contributed by atoms with Crippen LogP contribution in [0.1, 0.15) is 30.3 Å². The van der Waals surface area contributed by atoms with Gasteiger partial charge in [0, 0.05) is 38.4 Å². The lowest BCUT2D eigenvalue weighted by Crippen LogP contribution is -2.44. The van der Waals surface area contributed by atoms with Crippen LogP contribution in [0.3, 0.4) is 0 Å². The number of sulfonamides is 1. The van der Waals surface area contributed by atoms with Crippen LogP contribution in [0.4, 0.5) is 0 Å². The van der Waals surface area contributed by atoms with E-state index in [0.29, 0.717) is 25.9 Å². The van der Waals surface area contributed by atoms with E-state index in [1.807, 2.05) is 42.1 Å². The summed E-state index contributed by atoms with van der Waals surface area (Å²) in [6.07, 6.45) is 4.47. The third-order valence-electron chi connectivity index (χ3n) is 6.06. The number of nitrogens with zero attached hydrogens (tertiary/aromatic N) is 3. The van der Waals surface area contributed by atoms with Crippen molar-refractivity contribution in [2.75, 3.05) is 20.2 Å². The zero-order valence-electron chi connectivity index (χ0n) is 18.7. The van der Waals surface area contributed by atoms with Crippen LogP contribution in [0.15, 0.2) is 71.9 Å². The number of methoxy groups -OCH3 is 1. The summed E-state index contributed by atoms with van der Waals surface area (Å²) < 4.78 is 34.3. The Morgan fingerprint density at radius 3 is 2.33 bits per heavy atom. The molecule has 1 aromatic heterocycles. The number of imidazole rings is 1. The minimum absolute atomic E-state index is 0.101. The Kier molecular flexibility index (Phi) is 6.80. The van der Waals surface area contributed by atoms with E-state index in [1.165, 1.54) is 4.31 Å². The van der Waals surface area contributed by atoms with Crippen molar-refractivity contribution in [2.24, 2.45) is 13.0 Å². The van der Waals surface area contributed by atoms with Gasteiger partial charge in [-0.2, -0.15) is 4.31 Å². The number of carbonyl (C=O) groups is 1. The molecular weight excluding hydrogens is 440 g/mol. The van der Waals surface area contributed by atoms with E-state index in [1.54, 1.807) is 43.6 Å². The first kappa shape index (κ1) is 23.0. The van der Waals surface area contributed by atoms with E-state index in [0.717, 1.165) is 17.1 Å². The van der Waals surface area contributed by atoms with Gasteiger partial charge in [0.05, 0.1) is 12.0 Å². The highest BCUT2D eigenvalue weighted by molar-refractivity contribution is 7.89. The normalized spacial score (nSPS) is 16.3. The van der Waals surface area contributed by atoms with Gasteiger partial charge in [0.1, 0.15) is 17.6 Å². The van der Waals surface area contributed by atoms with Crippen molar-refractivity contribution in [1.29, 1.82) is 0 Å². The molecule has 1 aliphatic heterocycles. The fourth-order valence-electron chi connectivity index (χ4n) is 4.11. The quantitative estimate of drug-likeness (QED) is 0.576. The molecule has 3 aromatic rings. The smallest absolute Gasteiger partial charge is 0.243 e. The van der Waals surface area contributed by atoms with Crippen LogP contribution in [0.5, 0.6) is 5.75 Å². The Morgan fingerprint density at radius 1 is 1.09 bits per heavy atom. The van der Waals surface area contributed by atoms with E-state index in [9.17, 15) is 13.2 Å². The molecule has 1 N–H and O–H groups in total. The van der Waals surface area contributed by atoms with Crippen molar-refractivity contribution < 1.29 is 17.9 Å². The maximum atomic E-state index is 13.2. The molecular formula is C24H28N4O4S. The van der Waals surface area contributed by atoms with Crippen LogP contribution in [-0.4, -0.2) is 48.4 Å². The molecule has 8 nitrogen and oxygen atoms in total. The van der Waals surface area contributed by atoms with Crippen molar-refractivity contribution in [1.82, 2.24) is 19.2 Å². The summed E-state index contributed by atoms with van der Waals surface area (Å²) in [5.74, 6) is 1.08. The van der Waals surface area contributed by atoms with Crippen LogP contribution >= 0.6 is 0 Å². The largest absolute Gasteiger partial charge is 0.497 e. The van der Waals surface area contributed by atoms with Gasteiger partial charge in [-0.15, -0.1) is 0 Å². The number of piperidine rings is 1. The van der Waals surface area contributed by atoms with Crippen LogP contribution in [-0.2, 0) is 21.9 Å². The summed E-state index contributed by atoms with van der Waals surface area (Å²) in [5.41, 5.74) is 0.891. The summed E-state index contributed by atoms with van der Waals surface area (Å²) in [5, 5.41) is 3.14. The molecule has 174 valence electrons. The van der Waals surface area contributed by atoms with Crippen LogP contribution in [0.2, 0.25) is 0 Å². The predicted octanol–water partition coefficient (Wildman–Crippen LogP) is 2.74. The second-order valence-electron chi connectivity index (χ2n) is 8.10. The topological polar surface area (TPSA) is 93.5 Å². The number of rotatable bonds is 7. The Labute approximate surface area is 194 Å². The summed E-state index contributed by atoms with van der Waals surface area (Å²) in [6.45, 7) is 0.621. The molecule has 0 spiro atoms. The van der Waals surface area contributed by atoms with Crippen molar-refractivity contribution in [2.45, 2.75) is 23.8 Å². The molecule has 9 heteroatoms. The molecule has 4 rings (SSSR count). The van der Waals surface area contributed by atoms with E-state index >= 15 is 0 Å². The zero-order chi connectivity index (χ0) is 23.4. The second-order valence-corrected chi connectivity index (χ2v) is 10.0. The Morgan fingerprint density at radius 2 is 1.76 bits per heavy atom. The van der Waals surface area contributed by atoms with Gasteiger partial charge >= 0.3 is 0 Å². The maximum Gasteiger partial charge on any atom is 0.243 e. The lowest BCUT2D eigenvalue weighted by atomic mass is 9.96. The zero-order valence-corrected chi connectivity index (χ0v) is 19.5. The van der Waals surface area contributed by atoms with Crippen molar-refractivity contribution in [3.63, 3.8) is 0 Å². The minimum atomic E-state index is -3.55. The van der Waals surface area contributed by atoms with Gasteiger partial charge < -0.3 is 14.6 Å². The number of nitrogens with one attached hydrogen (secondary N) is 1. The summed E-state index contributed by atoms with van der Waals surface area (Å²) in [7, 11) is -0.0531. The van der Waals surface area contributed by atoms with Crippen LogP contribution < -0.4 is 10.1 Å². The second kappa shape index (κ2) is 9.76. The van der Waals surface area contributed by atoms with Gasteiger partial charge in [-0.1, -0.05) is 30.3 Å². The third kappa shape index (κ3) is 4.94. The molecule has 1 atom stereocenters. The first-order valence-electron chi connectivity index (χ1n) is 10.9. The lowest BCUT2D eigenvalue weighted by Gasteiger charge is -2.31. The predicted molar refractivity (Wildman–Crippen MR) is 124 cm³/mol. The van der Waals surface area contributed by atoms with E-state index < -0.39 is 16.1 Å². The van der Waals surface area contributed by atoms with E-state index in [2.05, 4.69) is 10.3 Å². The van der Waals surface area contributed by atoms with Crippen molar-refractivity contribution >= 4 is 15.9 Å². The molecule has 33 heavy (non-hydrogen) atoms. The highest BCUT2D eigenvalue weighted by Crippen LogP contribution is 2.27. The first-order chi connectivity index (χ1) is 15.9. The number of hydrogen-bond acceptors (Lipinski definition) is 5. The van der Waals surface area contributed by atoms with Gasteiger partial charge in [0.15, 0.2) is 0 Å². The fourth-order valence-corrected chi connectivity index (χ4v) is 5.60. The monoisotopic (exact) mass is 468 g/mol. The summed E-state index contributed by atoms with van der Waals surface area (Å²) in [6, 6.07) is 15.5. The molecule has 0 saturated carbocycles. The number of benzene rings is 2. The number of aromatic nitrogens is 2. The number of ether oxygens (including phenoxy) is 1. The van der Waals surface area contributed by atoms with Crippen molar-refractivity contribution in [3.8, 4) is 5.75 Å². The SMILES string of the molecule is COc1ccc([C@@H](NC(=O)C2CCN(S(=O)(=O)c3ccccc3)CC2)c2nccn2C)cc1.